The summed E-state index contributed by atoms with van der Waals surface area (Å²) in [5.74, 6) is 2.58. The van der Waals surface area contributed by atoms with E-state index in [9.17, 15) is 4.79 Å². The van der Waals surface area contributed by atoms with E-state index in [0.29, 0.717) is 11.8 Å². The fraction of sp³-hybridized carbons (Fsp3) is 0.812. The fourth-order valence-corrected chi connectivity index (χ4v) is 3.68. The van der Waals surface area contributed by atoms with Gasteiger partial charge in [0.15, 0.2) is 0 Å². The van der Waals surface area contributed by atoms with E-state index in [4.69, 9.17) is 0 Å². The van der Waals surface area contributed by atoms with Crippen LogP contribution < -0.4 is 5.32 Å². The molecule has 2 atom stereocenters. The maximum atomic E-state index is 12.7. The van der Waals surface area contributed by atoms with Crippen LogP contribution >= 0.6 is 24.8 Å². The third-order valence-electron chi connectivity index (χ3n) is 4.83. The molecule has 0 bridgehead atoms. The third kappa shape index (κ3) is 5.07. The highest BCUT2D eigenvalue weighted by atomic mass is 35.5. The smallest absolute Gasteiger partial charge is 0.239 e. The van der Waals surface area contributed by atoms with E-state index in [0.717, 1.165) is 57.1 Å². The predicted molar refractivity (Wildman–Crippen MR) is 98.9 cm³/mol. The molecular formula is C16H29Cl2N5O. The summed E-state index contributed by atoms with van der Waals surface area (Å²) in [6.07, 6.45) is 5.60. The molecule has 1 unspecified atom stereocenters. The Bertz CT molecular complexity index is 531. The Morgan fingerprint density at radius 2 is 2.00 bits per heavy atom. The Balaban J connectivity index is 0.00000144. The molecule has 3 heterocycles. The highest BCUT2D eigenvalue weighted by molar-refractivity contribution is 5.85. The van der Waals surface area contributed by atoms with Crippen LogP contribution in [0.1, 0.15) is 43.8 Å². The molecule has 1 aromatic heterocycles. The maximum absolute atomic E-state index is 12.7. The minimum absolute atomic E-state index is 0. The van der Waals surface area contributed by atoms with E-state index in [-0.39, 0.29) is 30.9 Å². The second-order valence-electron chi connectivity index (χ2n) is 6.68. The number of amides is 1. The lowest BCUT2D eigenvalue weighted by Gasteiger charge is -2.36. The first kappa shape index (κ1) is 21.2. The Hall–Kier alpha value is -0.850. The number of nitrogens with one attached hydrogen (secondary N) is 1. The monoisotopic (exact) mass is 377 g/mol. The standard InChI is InChI=1S/C16H27N5O.2ClH/c1-12-18-13(2)21(19-12)11-14-6-5-9-20(10-14)16(22)15-7-3-4-8-17-15;;/h14-15,17H,3-11H2,1-2H3;2*1H/t14?,15-;;/m1../s1. The average Bonchev–Trinajstić information content (AvgIpc) is 2.85. The van der Waals surface area contributed by atoms with Gasteiger partial charge in [-0.2, -0.15) is 5.10 Å². The Morgan fingerprint density at radius 1 is 1.21 bits per heavy atom. The van der Waals surface area contributed by atoms with E-state index in [1.165, 1.54) is 12.8 Å². The lowest BCUT2D eigenvalue weighted by Crippen LogP contribution is -2.51. The Labute approximate surface area is 156 Å². The molecule has 0 spiro atoms. The number of halogens is 2. The summed E-state index contributed by atoms with van der Waals surface area (Å²) in [7, 11) is 0. The Morgan fingerprint density at radius 3 is 2.62 bits per heavy atom. The number of aryl methyl sites for hydroxylation is 2. The molecule has 8 heteroatoms. The van der Waals surface area contributed by atoms with E-state index >= 15 is 0 Å². The zero-order chi connectivity index (χ0) is 15.5. The van der Waals surface area contributed by atoms with Crippen LogP contribution in [0.15, 0.2) is 0 Å². The SMILES string of the molecule is Cc1nc(C)n(CC2CCCN(C(=O)[C@H]3CCCCN3)C2)n1.Cl.Cl. The summed E-state index contributed by atoms with van der Waals surface area (Å²) in [6.45, 7) is 7.53. The average molecular weight is 378 g/mol. The van der Waals surface area contributed by atoms with E-state index < -0.39 is 0 Å². The first-order valence-corrected chi connectivity index (χ1v) is 8.53. The van der Waals surface area contributed by atoms with Gasteiger partial charge in [-0.05, 0) is 52.0 Å². The van der Waals surface area contributed by atoms with Gasteiger partial charge < -0.3 is 10.2 Å². The van der Waals surface area contributed by atoms with Crippen LogP contribution in [-0.2, 0) is 11.3 Å². The number of nitrogens with zero attached hydrogens (tertiary/aromatic N) is 4. The van der Waals surface area contributed by atoms with Gasteiger partial charge in [-0.3, -0.25) is 4.79 Å². The van der Waals surface area contributed by atoms with Crippen molar-refractivity contribution in [1.82, 2.24) is 25.0 Å². The molecule has 2 fully saturated rings. The molecule has 1 aromatic rings. The van der Waals surface area contributed by atoms with Crippen molar-refractivity contribution in [2.45, 2.75) is 58.5 Å². The number of carbonyl (C=O) groups excluding carboxylic acids is 1. The number of hydrogen-bond donors (Lipinski definition) is 1. The van der Waals surface area contributed by atoms with Gasteiger partial charge >= 0.3 is 0 Å². The first-order chi connectivity index (χ1) is 10.6. The maximum Gasteiger partial charge on any atom is 0.239 e. The molecule has 2 aliphatic rings. The van der Waals surface area contributed by atoms with Crippen molar-refractivity contribution in [3.63, 3.8) is 0 Å². The molecule has 24 heavy (non-hydrogen) atoms. The molecule has 2 aliphatic heterocycles. The summed E-state index contributed by atoms with van der Waals surface area (Å²) in [5.41, 5.74) is 0. The van der Waals surface area contributed by atoms with E-state index in [1.54, 1.807) is 0 Å². The molecule has 0 radical (unpaired) electrons. The molecular weight excluding hydrogens is 349 g/mol. The van der Waals surface area contributed by atoms with Crippen molar-refractivity contribution < 1.29 is 4.79 Å². The van der Waals surface area contributed by atoms with Crippen LogP contribution in [0, 0.1) is 19.8 Å². The van der Waals surface area contributed by atoms with Crippen molar-refractivity contribution in [3.05, 3.63) is 11.6 Å². The molecule has 2 saturated heterocycles. The van der Waals surface area contributed by atoms with Crippen molar-refractivity contribution in [1.29, 1.82) is 0 Å². The highest BCUT2D eigenvalue weighted by Crippen LogP contribution is 2.21. The number of carbonyl (C=O) groups is 1. The number of aromatic nitrogens is 3. The summed E-state index contributed by atoms with van der Waals surface area (Å²) in [6, 6.07) is 0.0443. The van der Waals surface area contributed by atoms with Crippen LogP contribution in [0.5, 0.6) is 0 Å². The topological polar surface area (TPSA) is 63.1 Å². The third-order valence-corrected chi connectivity index (χ3v) is 4.83. The van der Waals surface area contributed by atoms with Gasteiger partial charge in [-0.1, -0.05) is 6.42 Å². The van der Waals surface area contributed by atoms with Gasteiger partial charge in [0, 0.05) is 19.6 Å². The van der Waals surface area contributed by atoms with E-state index in [2.05, 4.69) is 20.3 Å². The molecule has 6 nitrogen and oxygen atoms in total. The zero-order valence-electron chi connectivity index (χ0n) is 14.5. The summed E-state index contributed by atoms with van der Waals surface area (Å²) < 4.78 is 1.99. The minimum atomic E-state index is 0. The van der Waals surface area contributed by atoms with Gasteiger partial charge in [0.1, 0.15) is 11.6 Å². The van der Waals surface area contributed by atoms with Gasteiger partial charge in [0.2, 0.25) is 5.91 Å². The van der Waals surface area contributed by atoms with Crippen LogP contribution in [0.4, 0.5) is 0 Å². The predicted octanol–water partition coefficient (Wildman–Crippen LogP) is 2.12. The molecule has 0 aliphatic carbocycles. The summed E-state index contributed by atoms with van der Waals surface area (Å²) in [5, 5.41) is 7.83. The molecule has 3 rings (SSSR count). The normalized spacial score (nSPS) is 24.0. The summed E-state index contributed by atoms with van der Waals surface area (Å²) >= 11 is 0. The second-order valence-corrected chi connectivity index (χ2v) is 6.68. The van der Waals surface area contributed by atoms with Crippen molar-refractivity contribution >= 4 is 30.7 Å². The lowest BCUT2D eigenvalue weighted by molar-refractivity contribution is -0.136. The largest absolute Gasteiger partial charge is 0.341 e. The van der Waals surface area contributed by atoms with Crippen LogP contribution in [-0.4, -0.2) is 51.2 Å². The molecule has 0 aromatic carbocycles. The molecule has 1 N–H and O–H groups in total. The zero-order valence-corrected chi connectivity index (χ0v) is 16.2. The minimum Gasteiger partial charge on any atom is -0.341 e. The second kappa shape index (κ2) is 9.59. The molecule has 1 amide bonds. The number of rotatable bonds is 3. The van der Waals surface area contributed by atoms with E-state index in [1.807, 2.05) is 18.5 Å². The Kier molecular flexibility index (Phi) is 8.46. The molecule has 0 saturated carbocycles. The highest BCUT2D eigenvalue weighted by Gasteiger charge is 2.30. The number of hydrogen-bond acceptors (Lipinski definition) is 4. The number of likely N-dealkylation sites (tertiary alicyclic amines) is 1. The summed E-state index contributed by atoms with van der Waals surface area (Å²) in [4.78, 5) is 19.1. The lowest BCUT2D eigenvalue weighted by atomic mass is 9.96. The van der Waals surface area contributed by atoms with Crippen molar-refractivity contribution in [2.24, 2.45) is 5.92 Å². The van der Waals surface area contributed by atoms with Crippen LogP contribution in [0.3, 0.4) is 0 Å². The quantitative estimate of drug-likeness (QED) is 0.875. The van der Waals surface area contributed by atoms with Crippen LogP contribution in [0.2, 0.25) is 0 Å². The van der Waals surface area contributed by atoms with Gasteiger partial charge in [-0.15, -0.1) is 24.8 Å². The van der Waals surface area contributed by atoms with Gasteiger partial charge in [-0.25, -0.2) is 9.67 Å². The van der Waals surface area contributed by atoms with Gasteiger partial charge in [0.25, 0.3) is 0 Å². The first-order valence-electron chi connectivity index (χ1n) is 8.53. The molecule has 138 valence electrons. The fourth-order valence-electron chi connectivity index (χ4n) is 3.68. The number of piperidine rings is 2. The van der Waals surface area contributed by atoms with Crippen molar-refractivity contribution in [3.8, 4) is 0 Å². The van der Waals surface area contributed by atoms with Gasteiger partial charge in [0.05, 0.1) is 6.04 Å². The van der Waals surface area contributed by atoms with Crippen LogP contribution in [0.25, 0.3) is 0 Å². The van der Waals surface area contributed by atoms with Crippen molar-refractivity contribution in [2.75, 3.05) is 19.6 Å².